The largest absolute Gasteiger partial charge is 0.494 e. The molecular weight excluding hydrogens is 206 g/mol. The Labute approximate surface area is 93.0 Å². The SMILES string of the molecule is CCOc1ccc2oc(C)c(C(N)=O)c2c1. The first-order chi connectivity index (χ1) is 7.63. The maximum absolute atomic E-state index is 11.3. The van der Waals surface area contributed by atoms with Gasteiger partial charge in [-0.05, 0) is 32.0 Å². The Balaban J connectivity index is 2.64. The van der Waals surface area contributed by atoms with E-state index in [1.807, 2.05) is 6.92 Å². The molecule has 2 aromatic rings. The highest BCUT2D eigenvalue weighted by molar-refractivity contribution is 6.06. The predicted molar refractivity (Wildman–Crippen MR) is 60.6 cm³/mol. The summed E-state index contributed by atoms with van der Waals surface area (Å²) in [7, 11) is 0. The molecular formula is C12H13NO3. The van der Waals surface area contributed by atoms with Crippen LogP contribution in [0.25, 0.3) is 11.0 Å². The maximum atomic E-state index is 11.3. The average molecular weight is 219 g/mol. The third kappa shape index (κ3) is 1.62. The summed E-state index contributed by atoms with van der Waals surface area (Å²) in [4.78, 5) is 11.3. The number of carbonyl (C=O) groups is 1. The van der Waals surface area contributed by atoms with Crippen molar-refractivity contribution < 1.29 is 13.9 Å². The molecule has 0 unspecified atom stereocenters. The second-order valence-electron chi connectivity index (χ2n) is 3.49. The van der Waals surface area contributed by atoms with E-state index in [0.717, 1.165) is 0 Å². The standard InChI is InChI=1S/C12H13NO3/c1-3-15-8-4-5-10-9(6-8)11(12(13)14)7(2)16-10/h4-6H,3H2,1-2H3,(H2,13,14). The lowest BCUT2D eigenvalue weighted by molar-refractivity contribution is 0.1000. The Bertz CT molecular complexity index is 542. The molecule has 0 fully saturated rings. The number of hydrogen-bond donors (Lipinski definition) is 1. The summed E-state index contributed by atoms with van der Waals surface area (Å²) in [5, 5.41) is 0.705. The highest BCUT2D eigenvalue weighted by atomic mass is 16.5. The van der Waals surface area contributed by atoms with Gasteiger partial charge in [0.15, 0.2) is 0 Å². The summed E-state index contributed by atoms with van der Waals surface area (Å²) in [6, 6.07) is 5.36. The lowest BCUT2D eigenvalue weighted by Crippen LogP contribution is -2.11. The zero-order valence-electron chi connectivity index (χ0n) is 9.24. The van der Waals surface area contributed by atoms with Crippen molar-refractivity contribution in [2.24, 2.45) is 5.73 Å². The van der Waals surface area contributed by atoms with E-state index in [2.05, 4.69) is 0 Å². The van der Waals surface area contributed by atoms with Gasteiger partial charge in [-0.3, -0.25) is 4.79 Å². The first-order valence-electron chi connectivity index (χ1n) is 5.09. The average Bonchev–Trinajstić information content (AvgIpc) is 2.53. The zero-order chi connectivity index (χ0) is 11.7. The highest BCUT2D eigenvalue weighted by Gasteiger charge is 2.15. The van der Waals surface area contributed by atoms with E-state index in [0.29, 0.717) is 34.6 Å². The van der Waals surface area contributed by atoms with Gasteiger partial charge >= 0.3 is 0 Å². The van der Waals surface area contributed by atoms with E-state index in [4.69, 9.17) is 14.9 Å². The molecule has 0 spiro atoms. The summed E-state index contributed by atoms with van der Waals surface area (Å²) in [6.07, 6.45) is 0. The fraction of sp³-hybridized carbons (Fsp3) is 0.250. The van der Waals surface area contributed by atoms with Crippen LogP contribution in [0.15, 0.2) is 22.6 Å². The normalized spacial score (nSPS) is 10.6. The summed E-state index contributed by atoms with van der Waals surface area (Å²) in [5.41, 5.74) is 6.38. The van der Waals surface area contributed by atoms with E-state index in [1.54, 1.807) is 25.1 Å². The molecule has 4 heteroatoms. The molecule has 0 radical (unpaired) electrons. The first-order valence-corrected chi connectivity index (χ1v) is 5.09. The number of furan rings is 1. The predicted octanol–water partition coefficient (Wildman–Crippen LogP) is 2.24. The maximum Gasteiger partial charge on any atom is 0.252 e. The molecule has 2 rings (SSSR count). The number of ether oxygens (including phenoxy) is 1. The zero-order valence-corrected chi connectivity index (χ0v) is 9.24. The number of primary amides is 1. The van der Waals surface area contributed by atoms with Crippen LogP contribution < -0.4 is 10.5 Å². The van der Waals surface area contributed by atoms with Crippen LogP contribution in [0, 0.1) is 6.92 Å². The van der Waals surface area contributed by atoms with Crippen LogP contribution in [0.4, 0.5) is 0 Å². The number of amides is 1. The lowest BCUT2D eigenvalue weighted by Gasteiger charge is -2.01. The van der Waals surface area contributed by atoms with E-state index in [-0.39, 0.29) is 0 Å². The Morgan fingerprint density at radius 3 is 2.88 bits per heavy atom. The molecule has 2 N–H and O–H groups in total. The van der Waals surface area contributed by atoms with Gasteiger partial charge in [-0.1, -0.05) is 0 Å². The summed E-state index contributed by atoms with van der Waals surface area (Å²) >= 11 is 0. The molecule has 4 nitrogen and oxygen atoms in total. The topological polar surface area (TPSA) is 65.5 Å². The van der Waals surface area contributed by atoms with Crippen molar-refractivity contribution in [3.63, 3.8) is 0 Å². The fourth-order valence-corrected chi connectivity index (χ4v) is 1.76. The van der Waals surface area contributed by atoms with Crippen LogP contribution in [0.5, 0.6) is 5.75 Å². The van der Waals surface area contributed by atoms with Gasteiger partial charge in [0, 0.05) is 5.39 Å². The number of hydrogen-bond acceptors (Lipinski definition) is 3. The summed E-state index contributed by atoms with van der Waals surface area (Å²) in [5.74, 6) is 0.763. The number of fused-ring (bicyclic) bond motifs is 1. The molecule has 0 atom stereocenters. The monoisotopic (exact) mass is 219 g/mol. The van der Waals surface area contributed by atoms with Crippen LogP contribution in [-0.2, 0) is 0 Å². The quantitative estimate of drug-likeness (QED) is 0.860. The Morgan fingerprint density at radius 1 is 1.50 bits per heavy atom. The Kier molecular flexibility index (Phi) is 2.56. The van der Waals surface area contributed by atoms with E-state index < -0.39 is 5.91 Å². The van der Waals surface area contributed by atoms with Crippen molar-refractivity contribution in [2.45, 2.75) is 13.8 Å². The highest BCUT2D eigenvalue weighted by Crippen LogP contribution is 2.28. The van der Waals surface area contributed by atoms with Crippen LogP contribution >= 0.6 is 0 Å². The van der Waals surface area contributed by atoms with Crippen LogP contribution in [0.1, 0.15) is 23.0 Å². The molecule has 84 valence electrons. The van der Waals surface area contributed by atoms with Gasteiger partial charge in [-0.15, -0.1) is 0 Å². The third-order valence-corrected chi connectivity index (χ3v) is 2.39. The number of nitrogens with two attached hydrogens (primary N) is 1. The summed E-state index contributed by atoms with van der Waals surface area (Å²) < 4.78 is 10.8. The molecule has 1 heterocycles. The van der Waals surface area contributed by atoms with Crippen molar-refractivity contribution in [3.05, 3.63) is 29.5 Å². The fourth-order valence-electron chi connectivity index (χ4n) is 1.76. The molecule has 1 aromatic carbocycles. The number of carbonyl (C=O) groups excluding carboxylic acids is 1. The minimum absolute atomic E-state index is 0.427. The second-order valence-corrected chi connectivity index (χ2v) is 3.49. The molecule has 1 amide bonds. The Hall–Kier alpha value is -1.97. The van der Waals surface area contributed by atoms with Gasteiger partial charge in [0.2, 0.25) is 0 Å². The molecule has 16 heavy (non-hydrogen) atoms. The third-order valence-electron chi connectivity index (χ3n) is 2.39. The van der Waals surface area contributed by atoms with Crippen molar-refractivity contribution in [3.8, 4) is 5.75 Å². The minimum Gasteiger partial charge on any atom is -0.494 e. The minimum atomic E-state index is -0.482. The summed E-state index contributed by atoms with van der Waals surface area (Å²) in [6.45, 7) is 4.20. The number of aryl methyl sites for hydroxylation is 1. The van der Waals surface area contributed by atoms with Gasteiger partial charge in [-0.25, -0.2) is 0 Å². The van der Waals surface area contributed by atoms with Crippen molar-refractivity contribution in [1.29, 1.82) is 0 Å². The molecule has 0 saturated carbocycles. The molecule has 0 aliphatic carbocycles. The molecule has 0 aliphatic heterocycles. The smallest absolute Gasteiger partial charge is 0.252 e. The van der Waals surface area contributed by atoms with Gasteiger partial charge in [-0.2, -0.15) is 0 Å². The van der Waals surface area contributed by atoms with Crippen LogP contribution in [0.2, 0.25) is 0 Å². The van der Waals surface area contributed by atoms with Gasteiger partial charge < -0.3 is 14.9 Å². The van der Waals surface area contributed by atoms with E-state index >= 15 is 0 Å². The van der Waals surface area contributed by atoms with Crippen molar-refractivity contribution in [2.75, 3.05) is 6.61 Å². The van der Waals surface area contributed by atoms with Gasteiger partial charge in [0.1, 0.15) is 17.1 Å². The van der Waals surface area contributed by atoms with Crippen LogP contribution in [-0.4, -0.2) is 12.5 Å². The van der Waals surface area contributed by atoms with Gasteiger partial charge in [0.25, 0.3) is 5.91 Å². The molecule has 0 bridgehead atoms. The van der Waals surface area contributed by atoms with E-state index in [9.17, 15) is 4.79 Å². The number of benzene rings is 1. The molecule has 0 saturated heterocycles. The first kappa shape index (κ1) is 10.5. The Morgan fingerprint density at radius 2 is 2.25 bits per heavy atom. The van der Waals surface area contributed by atoms with Crippen molar-refractivity contribution >= 4 is 16.9 Å². The van der Waals surface area contributed by atoms with Crippen LogP contribution in [0.3, 0.4) is 0 Å². The second kappa shape index (κ2) is 3.89. The molecule has 0 aliphatic rings. The van der Waals surface area contributed by atoms with Gasteiger partial charge in [0.05, 0.1) is 12.2 Å². The lowest BCUT2D eigenvalue weighted by atomic mass is 10.1. The molecule has 1 aromatic heterocycles. The van der Waals surface area contributed by atoms with Crippen molar-refractivity contribution in [1.82, 2.24) is 0 Å². The number of rotatable bonds is 3. The van der Waals surface area contributed by atoms with E-state index in [1.165, 1.54) is 0 Å².